The van der Waals surface area contributed by atoms with Gasteiger partial charge in [0.05, 0.1) is 0 Å². The van der Waals surface area contributed by atoms with Crippen LogP contribution in [-0.4, -0.2) is 29.1 Å². The summed E-state index contributed by atoms with van der Waals surface area (Å²) in [4.78, 5) is 0. The fourth-order valence-electron chi connectivity index (χ4n) is 1.71. The lowest BCUT2D eigenvalue weighted by Crippen LogP contribution is -2.28. The number of hydrogen-bond donors (Lipinski definition) is 1. The molecular weight excluding hydrogens is 260 g/mol. The fraction of sp³-hybridized carbons (Fsp3) is 0.500. The van der Waals surface area contributed by atoms with E-state index in [1.54, 1.807) is 12.1 Å². The van der Waals surface area contributed by atoms with Crippen molar-refractivity contribution in [3.8, 4) is 0 Å². The molecule has 1 aromatic carbocycles. The zero-order valence-corrected chi connectivity index (χ0v) is 11.1. The molecule has 5 heteroatoms. The van der Waals surface area contributed by atoms with Crippen molar-refractivity contribution in [2.24, 2.45) is 0 Å². The summed E-state index contributed by atoms with van der Waals surface area (Å²) in [6.45, 7) is 1.25. The Morgan fingerprint density at radius 1 is 1.29 bits per heavy atom. The average molecular weight is 275 g/mol. The van der Waals surface area contributed by atoms with Crippen LogP contribution < -0.4 is 5.32 Å². The Hall–Kier alpha value is -0.260. The molecule has 1 aromatic rings. The highest BCUT2D eigenvalue weighted by atomic mass is 32.2. The van der Waals surface area contributed by atoms with Gasteiger partial charge in [-0.2, -0.15) is 23.5 Å². The van der Waals surface area contributed by atoms with Crippen molar-refractivity contribution in [1.29, 1.82) is 0 Å². The summed E-state index contributed by atoms with van der Waals surface area (Å²) in [5.74, 6) is 2.05. The molecule has 1 nitrogen and oxygen atoms in total. The Morgan fingerprint density at radius 3 is 2.94 bits per heavy atom. The van der Waals surface area contributed by atoms with Crippen LogP contribution in [0, 0.1) is 11.6 Å². The average Bonchev–Trinajstić information content (AvgIpc) is 2.36. The molecule has 0 amide bonds. The molecule has 0 spiro atoms. The van der Waals surface area contributed by atoms with Crippen molar-refractivity contribution in [2.75, 3.05) is 23.8 Å². The SMILES string of the molecule is Fc1cccc(CNCC2CSCCS2)c1F. The molecule has 1 heterocycles. The molecule has 1 N–H and O–H groups in total. The van der Waals surface area contributed by atoms with E-state index in [9.17, 15) is 8.78 Å². The molecule has 0 aliphatic carbocycles. The summed E-state index contributed by atoms with van der Waals surface area (Å²) in [6, 6.07) is 4.31. The van der Waals surface area contributed by atoms with E-state index in [4.69, 9.17) is 0 Å². The molecule has 94 valence electrons. The third-order valence-corrected chi connectivity index (χ3v) is 5.45. The van der Waals surface area contributed by atoms with Crippen LogP contribution in [0.25, 0.3) is 0 Å². The maximum Gasteiger partial charge on any atom is 0.163 e. The monoisotopic (exact) mass is 275 g/mol. The minimum absolute atomic E-state index is 0.394. The van der Waals surface area contributed by atoms with Crippen molar-refractivity contribution in [3.05, 3.63) is 35.4 Å². The molecule has 1 aliphatic rings. The topological polar surface area (TPSA) is 12.0 Å². The highest BCUT2D eigenvalue weighted by molar-refractivity contribution is 8.06. The van der Waals surface area contributed by atoms with Crippen LogP contribution in [0.4, 0.5) is 8.78 Å². The summed E-state index contributed by atoms with van der Waals surface area (Å²) in [6.07, 6.45) is 0. The maximum absolute atomic E-state index is 13.3. The van der Waals surface area contributed by atoms with E-state index >= 15 is 0 Å². The molecule has 1 fully saturated rings. The quantitative estimate of drug-likeness (QED) is 0.907. The lowest BCUT2D eigenvalue weighted by atomic mass is 10.2. The van der Waals surface area contributed by atoms with Crippen molar-refractivity contribution < 1.29 is 8.78 Å². The van der Waals surface area contributed by atoms with E-state index < -0.39 is 11.6 Å². The Morgan fingerprint density at radius 2 is 2.18 bits per heavy atom. The lowest BCUT2D eigenvalue weighted by Gasteiger charge is -2.21. The highest BCUT2D eigenvalue weighted by Crippen LogP contribution is 2.23. The molecule has 0 radical (unpaired) electrons. The molecule has 1 aliphatic heterocycles. The van der Waals surface area contributed by atoms with Crippen LogP contribution in [-0.2, 0) is 6.54 Å². The first kappa shape index (κ1) is 13.2. The molecule has 0 aromatic heterocycles. The van der Waals surface area contributed by atoms with Crippen molar-refractivity contribution in [1.82, 2.24) is 5.32 Å². The summed E-state index contributed by atoms with van der Waals surface area (Å²) in [5.41, 5.74) is 0.401. The minimum Gasteiger partial charge on any atom is -0.311 e. The first-order chi connectivity index (χ1) is 8.27. The Labute approximate surface area is 109 Å². The van der Waals surface area contributed by atoms with Gasteiger partial charge >= 0.3 is 0 Å². The summed E-state index contributed by atoms with van der Waals surface area (Å²) >= 11 is 3.91. The molecule has 1 atom stereocenters. The number of halogens is 2. The number of hydrogen-bond acceptors (Lipinski definition) is 3. The van der Waals surface area contributed by atoms with Crippen molar-refractivity contribution in [2.45, 2.75) is 11.8 Å². The largest absolute Gasteiger partial charge is 0.311 e. The number of nitrogens with one attached hydrogen (secondary N) is 1. The number of rotatable bonds is 4. The Balaban J connectivity index is 1.79. The van der Waals surface area contributed by atoms with Gasteiger partial charge in [0.25, 0.3) is 0 Å². The predicted octanol–water partition coefficient (Wildman–Crippen LogP) is 2.90. The third-order valence-electron chi connectivity index (χ3n) is 2.60. The van der Waals surface area contributed by atoms with E-state index in [0.717, 1.165) is 18.4 Å². The zero-order chi connectivity index (χ0) is 12.1. The van der Waals surface area contributed by atoms with Crippen LogP contribution in [0.15, 0.2) is 18.2 Å². The minimum atomic E-state index is -0.771. The fourth-order valence-corrected chi connectivity index (χ4v) is 4.35. The van der Waals surface area contributed by atoms with Crippen LogP contribution in [0.5, 0.6) is 0 Å². The van der Waals surface area contributed by atoms with Crippen LogP contribution in [0.1, 0.15) is 5.56 Å². The van der Waals surface area contributed by atoms with Gasteiger partial charge in [-0.1, -0.05) is 12.1 Å². The normalized spacial score (nSPS) is 20.5. The van der Waals surface area contributed by atoms with Gasteiger partial charge in [0.15, 0.2) is 11.6 Å². The van der Waals surface area contributed by atoms with Crippen LogP contribution in [0.2, 0.25) is 0 Å². The lowest BCUT2D eigenvalue weighted by molar-refractivity contribution is 0.493. The molecule has 1 saturated heterocycles. The van der Waals surface area contributed by atoms with E-state index in [0.29, 0.717) is 17.4 Å². The smallest absolute Gasteiger partial charge is 0.163 e. The van der Waals surface area contributed by atoms with Gasteiger partial charge in [-0.3, -0.25) is 0 Å². The zero-order valence-electron chi connectivity index (χ0n) is 9.42. The summed E-state index contributed by atoms with van der Waals surface area (Å²) in [5, 5.41) is 3.79. The van der Waals surface area contributed by atoms with Gasteiger partial charge in [-0.05, 0) is 6.07 Å². The number of benzene rings is 1. The van der Waals surface area contributed by atoms with Gasteiger partial charge < -0.3 is 5.32 Å². The standard InChI is InChI=1S/C12H15F2NS2/c13-11-3-1-2-9(12(11)14)6-15-7-10-8-16-4-5-17-10/h1-3,10,15H,4-8H2. The molecule has 0 saturated carbocycles. The second kappa shape index (κ2) is 6.61. The van der Waals surface area contributed by atoms with Crippen molar-refractivity contribution >= 4 is 23.5 Å². The molecular formula is C12H15F2NS2. The molecule has 2 rings (SSSR count). The molecule has 17 heavy (non-hydrogen) atoms. The van der Waals surface area contributed by atoms with Gasteiger partial charge in [0.2, 0.25) is 0 Å². The molecule has 0 bridgehead atoms. The second-order valence-electron chi connectivity index (χ2n) is 3.91. The maximum atomic E-state index is 13.3. The van der Waals surface area contributed by atoms with Crippen LogP contribution >= 0.6 is 23.5 Å². The van der Waals surface area contributed by atoms with Gasteiger partial charge in [-0.15, -0.1) is 0 Å². The van der Waals surface area contributed by atoms with E-state index in [1.807, 2.05) is 23.5 Å². The van der Waals surface area contributed by atoms with E-state index in [-0.39, 0.29) is 0 Å². The van der Waals surface area contributed by atoms with E-state index in [2.05, 4.69) is 5.32 Å². The third kappa shape index (κ3) is 3.86. The summed E-state index contributed by atoms with van der Waals surface area (Å²) in [7, 11) is 0. The Kier molecular flexibility index (Phi) is 5.13. The van der Waals surface area contributed by atoms with Gasteiger partial charge in [0.1, 0.15) is 0 Å². The predicted molar refractivity (Wildman–Crippen MR) is 71.6 cm³/mol. The second-order valence-corrected chi connectivity index (χ2v) is 6.47. The van der Waals surface area contributed by atoms with Crippen molar-refractivity contribution in [3.63, 3.8) is 0 Å². The first-order valence-electron chi connectivity index (χ1n) is 5.60. The van der Waals surface area contributed by atoms with Gasteiger partial charge in [0, 0.05) is 41.2 Å². The Bertz CT molecular complexity index is 368. The molecule has 1 unspecified atom stereocenters. The summed E-state index contributed by atoms with van der Waals surface area (Å²) < 4.78 is 26.3. The van der Waals surface area contributed by atoms with E-state index in [1.165, 1.54) is 11.5 Å². The number of thioether (sulfide) groups is 2. The van der Waals surface area contributed by atoms with Gasteiger partial charge in [-0.25, -0.2) is 8.78 Å². The highest BCUT2D eigenvalue weighted by Gasteiger charge is 2.14. The van der Waals surface area contributed by atoms with Crippen LogP contribution in [0.3, 0.4) is 0 Å². The first-order valence-corrected chi connectivity index (χ1v) is 7.80.